The van der Waals surface area contributed by atoms with Crippen LogP contribution in [0.5, 0.6) is 0 Å². The zero-order valence-electron chi connectivity index (χ0n) is 21.5. The first-order valence-electron chi connectivity index (χ1n) is 12.5. The van der Waals surface area contributed by atoms with Crippen LogP contribution in [0, 0.1) is 6.92 Å². The minimum absolute atomic E-state index is 0.0394. The van der Waals surface area contributed by atoms with Gasteiger partial charge in [0.2, 0.25) is 11.0 Å². The van der Waals surface area contributed by atoms with Gasteiger partial charge in [-0.25, -0.2) is 9.67 Å². The molecule has 0 bridgehead atoms. The van der Waals surface area contributed by atoms with E-state index in [0.29, 0.717) is 31.6 Å². The lowest BCUT2D eigenvalue weighted by atomic mass is 10.0. The number of carbonyl (C=O) groups is 2. The Morgan fingerprint density at radius 2 is 1.89 bits per heavy atom. The summed E-state index contributed by atoms with van der Waals surface area (Å²) in [5, 5.41) is 9.37. The number of amides is 2. The molecule has 37 heavy (non-hydrogen) atoms. The van der Waals surface area contributed by atoms with E-state index in [0.717, 1.165) is 27.0 Å². The molecule has 2 amide bonds. The Kier molecular flexibility index (Phi) is 7.26. The number of aromatic nitrogens is 3. The second-order valence-electron chi connectivity index (χ2n) is 9.83. The highest BCUT2D eigenvalue weighted by atomic mass is 32.1. The molecule has 1 aromatic carbocycles. The number of aryl methyl sites for hydroxylation is 1. The van der Waals surface area contributed by atoms with E-state index < -0.39 is 0 Å². The lowest BCUT2D eigenvalue weighted by molar-refractivity contribution is -0.134. The third kappa shape index (κ3) is 5.24. The van der Waals surface area contributed by atoms with Crippen LogP contribution in [-0.2, 0) is 11.2 Å². The maximum Gasteiger partial charge on any atom is 0.257 e. The summed E-state index contributed by atoms with van der Waals surface area (Å²) in [4.78, 5) is 36.2. The van der Waals surface area contributed by atoms with Gasteiger partial charge in [-0.05, 0) is 31.2 Å². The van der Waals surface area contributed by atoms with Crippen molar-refractivity contribution in [2.45, 2.75) is 46.1 Å². The standard InChI is InChI=1S/C28H31N5O2S2/c1-18(2)26-23(15-29-33(26)28-30-24(17-37-28)21-9-7-19(3)8-10-21)27(35)31-11-12-32(20(4)16-31)25(34)14-22-6-5-13-36-22/h5-10,13,15,17-18,20H,11-12,14,16H2,1-4H3/t20-/m0/s1. The van der Waals surface area contributed by atoms with E-state index >= 15 is 0 Å². The Morgan fingerprint density at radius 3 is 2.57 bits per heavy atom. The molecule has 4 heterocycles. The van der Waals surface area contributed by atoms with E-state index in [9.17, 15) is 9.59 Å². The molecular formula is C28H31N5O2S2. The fraction of sp³-hybridized carbons (Fsp3) is 0.357. The smallest absolute Gasteiger partial charge is 0.257 e. The fourth-order valence-corrected chi connectivity index (χ4v) is 6.29. The molecule has 0 saturated carbocycles. The number of carbonyl (C=O) groups excluding carboxylic acids is 2. The van der Waals surface area contributed by atoms with E-state index in [1.807, 2.05) is 44.3 Å². The van der Waals surface area contributed by atoms with E-state index in [1.54, 1.807) is 17.5 Å². The predicted molar refractivity (Wildman–Crippen MR) is 149 cm³/mol. The predicted octanol–water partition coefficient (Wildman–Crippen LogP) is 5.40. The van der Waals surface area contributed by atoms with Crippen LogP contribution in [0.25, 0.3) is 16.4 Å². The van der Waals surface area contributed by atoms with E-state index in [4.69, 9.17) is 4.98 Å². The van der Waals surface area contributed by atoms with Gasteiger partial charge in [-0.15, -0.1) is 22.7 Å². The monoisotopic (exact) mass is 533 g/mol. The van der Waals surface area contributed by atoms with Gasteiger partial charge in [0, 0.05) is 41.5 Å². The van der Waals surface area contributed by atoms with Crippen molar-refractivity contribution in [2.24, 2.45) is 0 Å². The number of rotatable bonds is 6. The Morgan fingerprint density at radius 1 is 1.11 bits per heavy atom. The van der Waals surface area contributed by atoms with Crippen LogP contribution in [0.4, 0.5) is 0 Å². The van der Waals surface area contributed by atoms with Crippen molar-refractivity contribution < 1.29 is 9.59 Å². The molecule has 0 spiro atoms. The summed E-state index contributed by atoms with van der Waals surface area (Å²) in [5.41, 5.74) is 4.63. The van der Waals surface area contributed by atoms with Crippen molar-refractivity contribution in [1.29, 1.82) is 0 Å². The average molecular weight is 534 g/mol. The first kappa shape index (κ1) is 25.4. The minimum Gasteiger partial charge on any atom is -0.336 e. The summed E-state index contributed by atoms with van der Waals surface area (Å²) in [5.74, 6) is 0.160. The molecule has 0 N–H and O–H groups in total. The van der Waals surface area contributed by atoms with E-state index in [-0.39, 0.29) is 23.8 Å². The SMILES string of the molecule is Cc1ccc(-c2csc(-n3ncc(C(=O)N4CCN(C(=O)Cc5cccs5)[C@@H](C)C4)c3C(C)C)n2)cc1. The Balaban J connectivity index is 1.33. The molecular weight excluding hydrogens is 502 g/mol. The number of thiazole rings is 1. The Bertz CT molecular complexity index is 1390. The second-order valence-corrected chi connectivity index (χ2v) is 11.7. The first-order chi connectivity index (χ1) is 17.8. The first-order valence-corrected chi connectivity index (χ1v) is 14.3. The van der Waals surface area contributed by atoms with Crippen molar-refractivity contribution in [1.82, 2.24) is 24.6 Å². The van der Waals surface area contributed by atoms with Crippen molar-refractivity contribution in [3.05, 3.63) is 75.1 Å². The highest BCUT2D eigenvalue weighted by molar-refractivity contribution is 7.12. The van der Waals surface area contributed by atoms with Crippen LogP contribution in [0.15, 0.2) is 53.4 Å². The fourth-order valence-electron chi connectivity index (χ4n) is 4.80. The average Bonchev–Trinajstić information content (AvgIpc) is 3.64. The quantitative estimate of drug-likeness (QED) is 0.333. The lowest BCUT2D eigenvalue weighted by Crippen LogP contribution is -2.55. The van der Waals surface area contributed by atoms with Gasteiger partial charge >= 0.3 is 0 Å². The van der Waals surface area contributed by atoms with Gasteiger partial charge in [-0.2, -0.15) is 5.10 Å². The highest BCUT2D eigenvalue weighted by Crippen LogP contribution is 2.29. The number of nitrogens with zero attached hydrogens (tertiary/aromatic N) is 5. The Hall–Kier alpha value is -3.30. The zero-order valence-corrected chi connectivity index (χ0v) is 23.2. The van der Waals surface area contributed by atoms with Crippen LogP contribution in [-0.4, -0.2) is 62.1 Å². The molecule has 0 unspecified atom stereocenters. The molecule has 5 rings (SSSR count). The lowest BCUT2D eigenvalue weighted by Gasteiger charge is -2.40. The van der Waals surface area contributed by atoms with Gasteiger partial charge in [-0.3, -0.25) is 9.59 Å². The second kappa shape index (κ2) is 10.6. The molecule has 7 nitrogen and oxygen atoms in total. The number of hydrogen-bond donors (Lipinski definition) is 0. The molecule has 1 saturated heterocycles. The minimum atomic E-state index is -0.0428. The summed E-state index contributed by atoms with van der Waals surface area (Å²) >= 11 is 3.12. The van der Waals surface area contributed by atoms with Crippen LogP contribution in [0.3, 0.4) is 0 Å². The maximum atomic E-state index is 13.7. The number of benzene rings is 1. The summed E-state index contributed by atoms with van der Waals surface area (Å²) in [6.07, 6.45) is 2.09. The maximum absolute atomic E-state index is 13.7. The zero-order chi connectivity index (χ0) is 26.1. The molecule has 3 aromatic heterocycles. The van der Waals surface area contributed by atoms with Crippen molar-refractivity contribution in [2.75, 3.05) is 19.6 Å². The summed E-state index contributed by atoms with van der Waals surface area (Å²) < 4.78 is 1.81. The summed E-state index contributed by atoms with van der Waals surface area (Å²) in [6.45, 7) is 9.78. The Labute approximate surface area is 225 Å². The molecule has 9 heteroatoms. The van der Waals surface area contributed by atoms with Gasteiger partial charge in [-0.1, -0.05) is 49.7 Å². The molecule has 0 radical (unpaired) electrons. The normalized spacial score (nSPS) is 16.0. The van der Waals surface area contributed by atoms with Crippen molar-refractivity contribution in [3.63, 3.8) is 0 Å². The molecule has 0 aliphatic carbocycles. The van der Waals surface area contributed by atoms with Crippen LogP contribution < -0.4 is 0 Å². The number of hydrogen-bond acceptors (Lipinski definition) is 6. The summed E-state index contributed by atoms with van der Waals surface area (Å²) in [6, 6.07) is 12.2. The molecule has 192 valence electrons. The third-order valence-electron chi connectivity index (χ3n) is 6.74. The largest absolute Gasteiger partial charge is 0.336 e. The molecule has 1 atom stereocenters. The van der Waals surface area contributed by atoms with Gasteiger partial charge in [0.05, 0.1) is 29.6 Å². The van der Waals surface area contributed by atoms with Crippen molar-refractivity contribution in [3.8, 4) is 16.4 Å². The van der Waals surface area contributed by atoms with Crippen molar-refractivity contribution >= 4 is 34.5 Å². The van der Waals surface area contributed by atoms with Gasteiger partial charge in [0.25, 0.3) is 5.91 Å². The van der Waals surface area contributed by atoms with E-state index in [2.05, 4.69) is 50.1 Å². The van der Waals surface area contributed by atoms with Gasteiger partial charge in [0.1, 0.15) is 0 Å². The number of piperazine rings is 1. The summed E-state index contributed by atoms with van der Waals surface area (Å²) in [7, 11) is 0. The van der Waals surface area contributed by atoms with Crippen LogP contribution >= 0.6 is 22.7 Å². The molecule has 4 aromatic rings. The van der Waals surface area contributed by atoms with E-state index in [1.165, 1.54) is 16.9 Å². The topological polar surface area (TPSA) is 71.3 Å². The number of thiophene rings is 1. The van der Waals surface area contributed by atoms with Gasteiger partial charge in [0.15, 0.2) is 0 Å². The highest BCUT2D eigenvalue weighted by Gasteiger charge is 2.32. The molecule has 1 fully saturated rings. The van der Waals surface area contributed by atoms with Crippen LogP contribution in [0.1, 0.15) is 53.2 Å². The molecule has 1 aliphatic rings. The third-order valence-corrected chi connectivity index (χ3v) is 8.44. The van der Waals surface area contributed by atoms with Crippen LogP contribution in [0.2, 0.25) is 0 Å². The molecule has 1 aliphatic heterocycles. The van der Waals surface area contributed by atoms with Gasteiger partial charge < -0.3 is 9.80 Å².